The van der Waals surface area contributed by atoms with E-state index in [1.165, 1.54) is 31.5 Å². The average Bonchev–Trinajstić information content (AvgIpc) is 3.21. The van der Waals surface area contributed by atoms with Crippen molar-refractivity contribution in [2.75, 3.05) is 26.2 Å². The molecule has 2 aromatic carbocycles. The Morgan fingerprint density at radius 3 is 2.86 bits per heavy atom. The highest BCUT2D eigenvalue weighted by Crippen LogP contribution is 2.27. The van der Waals surface area contributed by atoms with E-state index < -0.39 is 5.97 Å². The number of carboxylic acid groups (broad SMARTS) is 1. The van der Waals surface area contributed by atoms with Crippen LogP contribution < -0.4 is 0 Å². The molecule has 1 N–H and O–H groups in total. The van der Waals surface area contributed by atoms with Gasteiger partial charge < -0.3 is 5.11 Å². The van der Waals surface area contributed by atoms with Gasteiger partial charge in [-0.2, -0.15) is 0 Å². The smallest absolute Gasteiger partial charge is 0.336 e. The first-order chi connectivity index (χ1) is 14.2. The monoisotopic (exact) mass is 387 g/mol. The van der Waals surface area contributed by atoms with Crippen LogP contribution in [0.25, 0.3) is 22.2 Å². The van der Waals surface area contributed by atoms with Crippen molar-refractivity contribution in [3.8, 4) is 11.3 Å². The van der Waals surface area contributed by atoms with Gasteiger partial charge in [-0.1, -0.05) is 36.4 Å². The van der Waals surface area contributed by atoms with Gasteiger partial charge in [0.05, 0.1) is 16.8 Å². The van der Waals surface area contributed by atoms with Gasteiger partial charge in [0.15, 0.2) is 0 Å². The highest BCUT2D eigenvalue weighted by Gasteiger charge is 2.30. The molecular formula is C24H25N3O2. The standard InChI is InChI=1S/C24H25N3O2/c28-24(29)21-14-23(25-22-9-2-1-8-20(21)22)18-6-3-5-17(13-18)15-26-11-12-27-10-4-7-19(27)16-26/h1-3,5-6,8-9,13-14,19H,4,7,10-12,15-16H2,(H,28,29). The second kappa shape index (κ2) is 7.58. The molecule has 148 valence electrons. The van der Waals surface area contributed by atoms with Crippen molar-refractivity contribution in [3.63, 3.8) is 0 Å². The van der Waals surface area contributed by atoms with Gasteiger partial charge in [-0.25, -0.2) is 9.78 Å². The largest absolute Gasteiger partial charge is 0.478 e. The van der Waals surface area contributed by atoms with E-state index in [9.17, 15) is 9.90 Å². The molecule has 0 saturated carbocycles. The molecule has 29 heavy (non-hydrogen) atoms. The maximum atomic E-state index is 11.8. The predicted octanol–water partition coefficient (Wildman–Crippen LogP) is 3.88. The number of hydrogen-bond donors (Lipinski definition) is 1. The number of benzene rings is 2. The van der Waals surface area contributed by atoms with E-state index in [0.29, 0.717) is 28.2 Å². The number of pyridine rings is 1. The molecule has 5 rings (SSSR count). The Hall–Kier alpha value is -2.76. The van der Waals surface area contributed by atoms with E-state index in [1.807, 2.05) is 36.4 Å². The zero-order chi connectivity index (χ0) is 19.8. The van der Waals surface area contributed by atoms with Crippen molar-refractivity contribution in [1.29, 1.82) is 0 Å². The molecule has 5 nitrogen and oxygen atoms in total. The lowest BCUT2D eigenvalue weighted by Crippen LogP contribution is -2.49. The average molecular weight is 387 g/mol. The molecule has 0 aliphatic carbocycles. The van der Waals surface area contributed by atoms with Crippen LogP contribution in [0.2, 0.25) is 0 Å². The third-order valence-corrected chi connectivity index (χ3v) is 6.25. The molecule has 2 saturated heterocycles. The molecule has 0 spiro atoms. The van der Waals surface area contributed by atoms with Gasteiger partial charge in [0, 0.05) is 43.2 Å². The summed E-state index contributed by atoms with van der Waals surface area (Å²) in [5, 5.41) is 10.3. The zero-order valence-corrected chi connectivity index (χ0v) is 16.4. The summed E-state index contributed by atoms with van der Waals surface area (Å²) >= 11 is 0. The quantitative estimate of drug-likeness (QED) is 0.736. The Labute approximate surface area is 170 Å². The van der Waals surface area contributed by atoms with Crippen LogP contribution in [0, 0.1) is 0 Å². The van der Waals surface area contributed by atoms with Gasteiger partial charge in [-0.05, 0) is 43.1 Å². The Morgan fingerprint density at radius 1 is 1.07 bits per heavy atom. The van der Waals surface area contributed by atoms with Crippen LogP contribution in [0.5, 0.6) is 0 Å². The van der Waals surface area contributed by atoms with Crippen LogP contribution in [0.15, 0.2) is 54.6 Å². The van der Waals surface area contributed by atoms with Crippen LogP contribution in [-0.4, -0.2) is 58.1 Å². The molecular weight excluding hydrogens is 362 g/mol. The van der Waals surface area contributed by atoms with Crippen molar-refractivity contribution in [1.82, 2.24) is 14.8 Å². The fraction of sp³-hybridized carbons (Fsp3) is 0.333. The number of rotatable bonds is 4. The molecule has 5 heteroatoms. The van der Waals surface area contributed by atoms with Crippen LogP contribution in [-0.2, 0) is 6.54 Å². The molecule has 2 aliphatic rings. The SMILES string of the molecule is O=C(O)c1cc(-c2cccc(CN3CCN4CCCC4C3)c2)nc2ccccc12. The third-order valence-electron chi connectivity index (χ3n) is 6.25. The normalized spacial score (nSPS) is 20.1. The number of piperazine rings is 1. The second-order valence-corrected chi connectivity index (χ2v) is 8.14. The predicted molar refractivity (Wildman–Crippen MR) is 114 cm³/mol. The van der Waals surface area contributed by atoms with Gasteiger partial charge in [-0.15, -0.1) is 0 Å². The topological polar surface area (TPSA) is 56.7 Å². The number of hydrogen-bond acceptors (Lipinski definition) is 4. The summed E-state index contributed by atoms with van der Waals surface area (Å²) in [7, 11) is 0. The molecule has 1 atom stereocenters. The van der Waals surface area contributed by atoms with Crippen LogP contribution in [0.3, 0.4) is 0 Å². The summed E-state index contributed by atoms with van der Waals surface area (Å²) in [5.41, 5.74) is 3.94. The third kappa shape index (κ3) is 3.63. The summed E-state index contributed by atoms with van der Waals surface area (Å²) < 4.78 is 0. The molecule has 2 fully saturated rings. The number of para-hydroxylation sites is 1. The molecule has 0 radical (unpaired) electrons. The minimum Gasteiger partial charge on any atom is -0.478 e. The molecule has 3 heterocycles. The molecule has 0 bridgehead atoms. The van der Waals surface area contributed by atoms with E-state index in [2.05, 4.69) is 21.9 Å². The number of nitrogens with zero attached hydrogens (tertiary/aromatic N) is 3. The maximum absolute atomic E-state index is 11.8. The molecule has 1 unspecified atom stereocenters. The lowest BCUT2D eigenvalue weighted by molar-refractivity contribution is 0.0699. The van der Waals surface area contributed by atoms with Crippen molar-refractivity contribution in [2.24, 2.45) is 0 Å². The molecule has 2 aliphatic heterocycles. The lowest BCUT2D eigenvalue weighted by Gasteiger charge is -2.37. The van der Waals surface area contributed by atoms with Crippen LogP contribution >= 0.6 is 0 Å². The summed E-state index contributed by atoms with van der Waals surface area (Å²) in [6, 6.07) is 18.2. The van der Waals surface area contributed by atoms with Gasteiger partial charge in [0.2, 0.25) is 0 Å². The summed E-state index contributed by atoms with van der Waals surface area (Å²) in [4.78, 5) is 21.7. The second-order valence-electron chi connectivity index (χ2n) is 8.14. The summed E-state index contributed by atoms with van der Waals surface area (Å²) in [6.07, 6.45) is 2.64. The minimum absolute atomic E-state index is 0.299. The van der Waals surface area contributed by atoms with Gasteiger partial charge in [0.25, 0.3) is 0 Å². The Bertz CT molecular complexity index is 1060. The lowest BCUT2D eigenvalue weighted by atomic mass is 10.0. The van der Waals surface area contributed by atoms with Crippen molar-refractivity contribution < 1.29 is 9.90 Å². The summed E-state index contributed by atoms with van der Waals surface area (Å²) in [6.45, 7) is 5.60. The highest BCUT2D eigenvalue weighted by atomic mass is 16.4. The van der Waals surface area contributed by atoms with E-state index >= 15 is 0 Å². The fourth-order valence-electron chi connectivity index (χ4n) is 4.79. The first-order valence-electron chi connectivity index (χ1n) is 10.4. The number of carboxylic acids is 1. The van der Waals surface area contributed by atoms with E-state index in [1.54, 1.807) is 6.07 Å². The van der Waals surface area contributed by atoms with Gasteiger partial charge in [-0.3, -0.25) is 9.80 Å². The maximum Gasteiger partial charge on any atom is 0.336 e. The van der Waals surface area contributed by atoms with Crippen molar-refractivity contribution in [3.05, 3.63) is 65.7 Å². The molecule has 1 aromatic heterocycles. The van der Waals surface area contributed by atoms with Crippen LogP contribution in [0.1, 0.15) is 28.8 Å². The number of fused-ring (bicyclic) bond motifs is 2. The number of aromatic nitrogens is 1. The Morgan fingerprint density at radius 2 is 1.97 bits per heavy atom. The van der Waals surface area contributed by atoms with E-state index in [0.717, 1.165) is 25.2 Å². The van der Waals surface area contributed by atoms with Gasteiger partial charge >= 0.3 is 5.97 Å². The van der Waals surface area contributed by atoms with Crippen molar-refractivity contribution in [2.45, 2.75) is 25.4 Å². The molecule has 0 amide bonds. The Balaban J connectivity index is 1.43. The summed E-state index contributed by atoms with van der Waals surface area (Å²) in [5.74, 6) is -0.921. The van der Waals surface area contributed by atoms with Crippen molar-refractivity contribution >= 4 is 16.9 Å². The van der Waals surface area contributed by atoms with Crippen LogP contribution in [0.4, 0.5) is 0 Å². The van der Waals surface area contributed by atoms with E-state index in [4.69, 9.17) is 4.98 Å². The highest BCUT2D eigenvalue weighted by molar-refractivity contribution is 6.03. The minimum atomic E-state index is -0.921. The zero-order valence-electron chi connectivity index (χ0n) is 16.4. The Kier molecular flexibility index (Phi) is 4.78. The molecule has 3 aromatic rings. The van der Waals surface area contributed by atoms with E-state index in [-0.39, 0.29) is 0 Å². The number of aromatic carboxylic acids is 1. The first-order valence-corrected chi connectivity index (χ1v) is 10.4. The fourth-order valence-corrected chi connectivity index (χ4v) is 4.79. The first kappa shape index (κ1) is 18.3. The van der Waals surface area contributed by atoms with Gasteiger partial charge in [0.1, 0.15) is 0 Å². The number of carbonyl (C=O) groups is 1.